The Labute approximate surface area is 95.7 Å². The molecule has 0 aromatic carbocycles. The molecule has 1 aromatic rings. The van der Waals surface area contributed by atoms with Crippen LogP contribution < -0.4 is 11.2 Å². The SMILES string of the molecule is C[C@H]1[C@@H](F)[C@H](n2ccc(=O)[nH]c2=O)O[C@@H]1CO. The van der Waals surface area contributed by atoms with Crippen LogP contribution in [-0.4, -0.2) is 33.5 Å². The van der Waals surface area contributed by atoms with Crippen LogP contribution in [0.25, 0.3) is 0 Å². The van der Waals surface area contributed by atoms with Gasteiger partial charge in [0.15, 0.2) is 12.4 Å². The fraction of sp³-hybridized carbons (Fsp3) is 0.600. The van der Waals surface area contributed by atoms with Crippen LogP contribution in [0, 0.1) is 5.92 Å². The summed E-state index contributed by atoms with van der Waals surface area (Å²) >= 11 is 0. The predicted octanol–water partition coefficient (Wildman–Crippen LogP) is -0.600. The van der Waals surface area contributed by atoms with E-state index in [0.29, 0.717) is 0 Å². The summed E-state index contributed by atoms with van der Waals surface area (Å²) in [4.78, 5) is 24.4. The van der Waals surface area contributed by atoms with E-state index in [9.17, 15) is 14.0 Å². The average molecular weight is 244 g/mol. The minimum Gasteiger partial charge on any atom is -0.394 e. The quantitative estimate of drug-likeness (QED) is 0.727. The minimum atomic E-state index is -1.41. The van der Waals surface area contributed by atoms with Crippen LogP contribution in [0.5, 0.6) is 0 Å². The number of ether oxygens (including phenoxy) is 1. The van der Waals surface area contributed by atoms with Crippen LogP contribution in [-0.2, 0) is 4.74 Å². The van der Waals surface area contributed by atoms with Crippen molar-refractivity contribution in [2.45, 2.75) is 25.4 Å². The molecular weight excluding hydrogens is 231 g/mol. The number of hydrogen-bond donors (Lipinski definition) is 2. The van der Waals surface area contributed by atoms with Gasteiger partial charge in [-0.1, -0.05) is 6.92 Å². The van der Waals surface area contributed by atoms with E-state index in [1.54, 1.807) is 6.92 Å². The number of alkyl halides is 1. The van der Waals surface area contributed by atoms with Crippen molar-refractivity contribution in [1.29, 1.82) is 0 Å². The van der Waals surface area contributed by atoms with E-state index in [-0.39, 0.29) is 6.61 Å². The fourth-order valence-corrected chi connectivity index (χ4v) is 1.90. The molecule has 1 aromatic heterocycles. The van der Waals surface area contributed by atoms with E-state index >= 15 is 0 Å². The maximum absolute atomic E-state index is 13.9. The van der Waals surface area contributed by atoms with Gasteiger partial charge < -0.3 is 9.84 Å². The topological polar surface area (TPSA) is 84.3 Å². The Hall–Kier alpha value is -1.47. The zero-order chi connectivity index (χ0) is 12.6. The van der Waals surface area contributed by atoms with E-state index in [1.807, 2.05) is 4.98 Å². The summed E-state index contributed by atoms with van der Waals surface area (Å²) in [7, 11) is 0. The first-order valence-electron chi connectivity index (χ1n) is 5.26. The van der Waals surface area contributed by atoms with E-state index in [0.717, 1.165) is 10.6 Å². The van der Waals surface area contributed by atoms with Crippen LogP contribution in [0.4, 0.5) is 4.39 Å². The van der Waals surface area contributed by atoms with Gasteiger partial charge in [0, 0.05) is 18.2 Å². The second-order valence-corrected chi connectivity index (χ2v) is 4.07. The summed E-state index contributed by atoms with van der Waals surface area (Å²) in [6, 6.07) is 1.12. The van der Waals surface area contributed by atoms with Gasteiger partial charge in [-0.25, -0.2) is 9.18 Å². The third-order valence-electron chi connectivity index (χ3n) is 2.98. The third kappa shape index (κ3) is 2.03. The van der Waals surface area contributed by atoms with Crippen LogP contribution in [0.1, 0.15) is 13.2 Å². The molecule has 0 radical (unpaired) electrons. The maximum Gasteiger partial charge on any atom is 0.330 e. The Morgan fingerprint density at radius 1 is 1.59 bits per heavy atom. The number of rotatable bonds is 2. The highest BCUT2D eigenvalue weighted by Crippen LogP contribution is 2.34. The summed E-state index contributed by atoms with van der Waals surface area (Å²) in [5.74, 6) is -0.510. The molecule has 1 aliphatic rings. The van der Waals surface area contributed by atoms with Gasteiger partial charge in [0.2, 0.25) is 0 Å². The van der Waals surface area contributed by atoms with Gasteiger partial charge >= 0.3 is 5.69 Å². The second-order valence-electron chi connectivity index (χ2n) is 4.07. The summed E-state index contributed by atoms with van der Waals surface area (Å²) in [6.07, 6.45) is -1.97. The molecule has 0 saturated carbocycles. The van der Waals surface area contributed by atoms with Gasteiger partial charge in [-0.2, -0.15) is 0 Å². The first-order valence-corrected chi connectivity index (χ1v) is 5.26. The number of hydrogen-bond acceptors (Lipinski definition) is 4. The van der Waals surface area contributed by atoms with Crippen LogP contribution >= 0.6 is 0 Å². The summed E-state index contributed by atoms with van der Waals surface area (Å²) in [5, 5.41) is 9.00. The molecule has 0 aliphatic carbocycles. The van der Waals surface area contributed by atoms with Crippen molar-refractivity contribution in [1.82, 2.24) is 9.55 Å². The fourth-order valence-electron chi connectivity index (χ4n) is 1.90. The first kappa shape index (κ1) is 12.0. The highest BCUT2D eigenvalue weighted by atomic mass is 19.1. The molecule has 7 heteroatoms. The van der Waals surface area contributed by atoms with Crippen molar-refractivity contribution < 1.29 is 14.2 Å². The molecule has 2 heterocycles. The molecule has 17 heavy (non-hydrogen) atoms. The number of nitrogens with zero attached hydrogens (tertiary/aromatic N) is 1. The van der Waals surface area contributed by atoms with Crippen molar-refractivity contribution in [3.63, 3.8) is 0 Å². The average Bonchev–Trinajstić information content (AvgIpc) is 2.57. The van der Waals surface area contributed by atoms with E-state index in [4.69, 9.17) is 9.84 Å². The smallest absolute Gasteiger partial charge is 0.330 e. The summed E-state index contributed by atoms with van der Waals surface area (Å²) < 4.78 is 20.1. The molecule has 1 saturated heterocycles. The van der Waals surface area contributed by atoms with Crippen LogP contribution in [0.2, 0.25) is 0 Å². The zero-order valence-electron chi connectivity index (χ0n) is 9.17. The number of nitrogens with one attached hydrogen (secondary N) is 1. The number of halogens is 1. The number of aliphatic hydroxyl groups excluding tert-OH is 1. The normalized spacial score (nSPS) is 32.9. The second kappa shape index (κ2) is 4.42. The monoisotopic (exact) mass is 244 g/mol. The molecule has 0 unspecified atom stereocenters. The highest BCUT2D eigenvalue weighted by Gasteiger charge is 2.43. The van der Waals surface area contributed by atoms with Gasteiger partial charge in [-0.3, -0.25) is 14.3 Å². The van der Waals surface area contributed by atoms with Crippen molar-refractivity contribution in [2.24, 2.45) is 5.92 Å². The maximum atomic E-state index is 13.9. The molecule has 1 aliphatic heterocycles. The third-order valence-corrected chi connectivity index (χ3v) is 2.98. The predicted molar refractivity (Wildman–Crippen MR) is 56.4 cm³/mol. The molecule has 0 bridgehead atoms. The van der Waals surface area contributed by atoms with Crippen molar-refractivity contribution in [3.8, 4) is 0 Å². The number of aromatic amines is 1. The van der Waals surface area contributed by atoms with Crippen LogP contribution in [0.3, 0.4) is 0 Å². The van der Waals surface area contributed by atoms with Gasteiger partial charge in [0.1, 0.15) is 0 Å². The lowest BCUT2D eigenvalue weighted by Gasteiger charge is -2.15. The molecule has 94 valence electrons. The molecule has 0 amide bonds. The molecule has 1 fully saturated rings. The molecule has 6 nitrogen and oxygen atoms in total. The minimum absolute atomic E-state index is 0.309. The Kier molecular flexibility index (Phi) is 3.12. The van der Waals surface area contributed by atoms with Gasteiger partial charge in [0.25, 0.3) is 5.56 Å². The summed E-state index contributed by atoms with van der Waals surface area (Å²) in [5.41, 5.74) is -1.28. The first-order chi connectivity index (χ1) is 8.04. The zero-order valence-corrected chi connectivity index (χ0v) is 9.17. The Morgan fingerprint density at radius 3 is 2.82 bits per heavy atom. The van der Waals surface area contributed by atoms with E-state index in [1.165, 1.54) is 6.20 Å². The lowest BCUT2D eigenvalue weighted by molar-refractivity contribution is -0.0419. The standard InChI is InChI=1S/C10H13FN2O4/c1-5-6(4-14)17-9(8(5)11)13-3-2-7(15)12-10(13)16/h2-3,5-6,8-9,14H,4H2,1H3,(H,12,15,16)/t5-,6-,8-,9-/m1/s1. The van der Waals surface area contributed by atoms with Crippen molar-refractivity contribution in [3.05, 3.63) is 33.1 Å². The van der Waals surface area contributed by atoms with E-state index in [2.05, 4.69) is 0 Å². The van der Waals surface area contributed by atoms with Crippen molar-refractivity contribution in [2.75, 3.05) is 6.61 Å². The lowest BCUT2D eigenvalue weighted by atomic mass is 10.0. The highest BCUT2D eigenvalue weighted by molar-refractivity contribution is 4.91. The molecular formula is C10H13FN2O4. The van der Waals surface area contributed by atoms with Crippen molar-refractivity contribution >= 4 is 0 Å². The van der Waals surface area contributed by atoms with Crippen LogP contribution in [0.15, 0.2) is 21.9 Å². The Morgan fingerprint density at radius 2 is 2.29 bits per heavy atom. The largest absolute Gasteiger partial charge is 0.394 e. The summed E-state index contributed by atoms with van der Waals surface area (Å²) in [6.45, 7) is 1.29. The molecule has 2 N–H and O–H groups in total. The lowest BCUT2D eigenvalue weighted by Crippen LogP contribution is -2.34. The number of aliphatic hydroxyl groups is 1. The Bertz CT molecular complexity index is 512. The van der Waals surface area contributed by atoms with E-state index < -0.39 is 35.7 Å². The van der Waals surface area contributed by atoms with Gasteiger partial charge in [-0.15, -0.1) is 0 Å². The molecule has 2 rings (SSSR count). The molecule has 0 spiro atoms. The molecule has 4 atom stereocenters. The van der Waals surface area contributed by atoms with Gasteiger partial charge in [0.05, 0.1) is 12.7 Å². The van der Waals surface area contributed by atoms with Gasteiger partial charge in [-0.05, 0) is 0 Å². The number of H-pyrrole nitrogens is 1. The Balaban J connectivity index is 2.35. The number of aromatic nitrogens is 2.